The second-order valence-corrected chi connectivity index (χ2v) is 8.38. The van der Waals surface area contributed by atoms with Crippen molar-refractivity contribution in [2.24, 2.45) is 0 Å². The lowest BCUT2D eigenvalue weighted by molar-refractivity contribution is -0.136. The Morgan fingerprint density at radius 2 is 1.81 bits per heavy atom. The first-order valence-corrected chi connectivity index (χ1v) is 10.5. The summed E-state index contributed by atoms with van der Waals surface area (Å²) in [6.07, 6.45) is 0.557. The summed E-state index contributed by atoms with van der Waals surface area (Å²) in [6.45, 7) is 1.23. The average Bonchev–Trinajstić information content (AvgIpc) is 3.49. The minimum atomic E-state index is -0.636. The molecular weight excluding hydrogens is 414 g/mol. The Morgan fingerprint density at radius 3 is 2.62 bits per heavy atom. The smallest absolute Gasteiger partial charge is 0.258 e. The first-order valence-electron chi connectivity index (χ1n) is 10.5. The Hall–Kier alpha value is -3.88. The van der Waals surface area contributed by atoms with E-state index >= 15 is 0 Å². The average molecular weight is 433 g/mol. The lowest BCUT2D eigenvalue weighted by atomic mass is 10.0. The summed E-state index contributed by atoms with van der Waals surface area (Å²) in [5.41, 5.74) is 3.76. The number of rotatable bonds is 2. The highest BCUT2D eigenvalue weighted by Gasteiger charge is 2.40. The Bertz CT molecular complexity index is 1220. The molecule has 1 N–H and O–H groups in total. The molecule has 0 bridgehead atoms. The molecule has 0 spiro atoms. The van der Waals surface area contributed by atoms with Crippen LogP contribution < -0.4 is 14.8 Å². The topological polar surface area (TPSA) is 105 Å². The van der Waals surface area contributed by atoms with Crippen molar-refractivity contribution >= 4 is 23.6 Å². The zero-order valence-corrected chi connectivity index (χ0v) is 17.1. The van der Waals surface area contributed by atoms with Gasteiger partial charge in [-0.15, -0.1) is 0 Å². The third-order valence-electron chi connectivity index (χ3n) is 6.48. The van der Waals surface area contributed by atoms with Crippen LogP contribution in [0.25, 0.3) is 0 Å². The van der Waals surface area contributed by atoms with Crippen molar-refractivity contribution in [1.29, 1.82) is 0 Å². The Balaban J connectivity index is 1.23. The van der Waals surface area contributed by atoms with Crippen molar-refractivity contribution in [2.45, 2.75) is 38.5 Å². The van der Waals surface area contributed by atoms with E-state index in [1.165, 1.54) is 4.90 Å². The van der Waals surface area contributed by atoms with Crippen molar-refractivity contribution in [3.63, 3.8) is 0 Å². The van der Waals surface area contributed by atoms with Gasteiger partial charge in [-0.2, -0.15) is 0 Å². The molecule has 162 valence electrons. The van der Waals surface area contributed by atoms with Crippen LogP contribution in [0.1, 0.15) is 50.2 Å². The number of carbonyl (C=O) groups excluding carboxylic acids is 4. The molecule has 4 aliphatic heterocycles. The molecule has 6 rings (SSSR count). The van der Waals surface area contributed by atoms with Gasteiger partial charge in [-0.25, -0.2) is 0 Å². The zero-order chi connectivity index (χ0) is 22.0. The standard InChI is InChI=1S/C23H19N3O6/c27-19-5-4-17(21(28)24-19)26-10-14-6-12-8-25(9-13(12)7-16(14)23(26)30)22(29)15-2-1-3-18-20(15)32-11-31-18/h1-3,6-7,17H,4-5,8-11H2,(H,24,27,28). The molecule has 2 aromatic rings. The van der Waals surface area contributed by atoms with Crippen LogP contribution in [0.2, 0.25) is 0 Å². The number of fused-ring (bicyclic) bond motifs is 3. The van der Waals surface area contributed by atoms with Crippen LogP contribution in [-0.4, -0.2) is 46.3 Å². The molecule has 0 aliphatic carbocycles. The van der Waals surface area contributed by atoms with E-state index in [9.17, 15) is 19.2 Å². The number of para-hydroxylation sites is 1. The molecule has 1 saturated heterocycles. The molecule has 4 aliphatic rings. The highest BCUT2D eigenvalue weighted by Crippen LogP contribution is 2.38. The van der Waals surface area contributed by atoms with Crippen molar-refractivity contribution in [3.05, 3.63) is 58.1 Å². The summed E-state index contributed by atoms with van der Waals surface area (Å²) < 4.78 is 10.8. The molecule has 1 fully saturated rings. The number of imide groups is 1. The van der Waals surface area contributed by atoms with E-state index < -0.39 is 11.9 Å². The number of amides is 4. The molecule has 4 heterocycles. The monoisotopic (exact) mass is 433 g/mol. The van der Waals surface area contributed by atoms with E-state index in [-0.39, 0.29) is 30.9 Å². The maximum atomic E-state index is 13.2. The molecule has 9 heteroatoms. The summed E-state index contributed by atoms with van der Waals surface area (Å²) in [4.78, 5) is 53.1. The van der Waals surface area contributed by atoms with E-state index in [4.69, 9.17) is 9.47 Å². The second-order valence-electron chi connectivity index (χ2n) is 8.38. The normalized spacial score (nSPS) is 21.0. The molecule has 2 aromatic carbocycles. The first-order chi connectivity index (χ1) is 15.5. The first kappa shape index (κ1) is 18.9. The van der Waals surface area contributed by atoms with Gasteiger partial charge < -0.3 is 19.3 Å². The van der Waals surface area contributed by atoms with Crippen LogP contribution in [-0.2, 0) is 29.2 Å². The van der Waals surface area contributed by atoms with Gasteiger partial charge in [0.25, 0.3) is 11.8 Å². The SMILES string of the molecule is O=C1CCC(N2Cc3cc4c(cc3C2=O)CN(C(=O)c2cccc3c2OCO3)C4)C(=O)N1. The maximum Gasteiger partial charge on any atom is 0.258 e. The highest BCUT2D eigenvalue weighted by molar-refractivity contribution is 6.05. The fourth-order valence-electron chi connectivity index (χ4n) is 4.89. The van der Waals surface area contributed by atoms with E-state index in [0.717, 1.165) is 16.7 Å². The van der Waals surface area contributed by atoms with Crippen molar-refractivity contribution in [2.75, 3.05) is 6.79 Å². The van der Waals surface area contributed by atoms with Crippen LogP contribution in [0, 0.1) is 0 Å². The third kappa shape index (κ3) is 2.77. The molecule has 0 radical (unpaired) electrons. The number of ether oxygens (including phenoxy) is 2. The number of benzene rings is 2. The lowest BCUT2D eigenvalue weighted by Crippen LogP contribution is -2.52. The van der Waals surface area contributed by atoms with E-state index in [1.54, 1.807) is 23.1 Å². The number of hydrogen-bond acceptors (Lipinski definition) is 6. The minimum Gasteiger partial charge on any atom is -0.454 e. The maximum absolute atomic E-state index is 13.2. The summed E-state index contributed by atoms with van der Waals surface area (Å²) in [7, 11) is 0. The number of carbonyl (C=O) groups is 4. The number of piperidine rings is 1. The summed E-state index contributed by atoms with van der Waals surface area (Å²) in [6, 6.07) is 8.41. The molecule has 9 nitrogen and oxygen atoms in total. The van der Waals surface area contributed by atoms with Gasteiger partial charge in [0.1, 0.15) is 6.04 Å². The fourth-order valence-corrected chi connectivity index (χ4v) is 4.89. The third-order valence-corrected chi connectivity index (χ3v) is 6.48. The molecule has 32 heavy (non-hydrogen) atoms. The molecule has 0 aromatic heterocycles. The lowest BCUT2D eigenvalue weighted by Gasteiger charge is -2.29. The number of nitrogens with one attached hydrogen (secondary N) is 1. The molecule has 4 amide bonds. The summed E-state index contributed by atoms with van der Waals surface area (Å²) in [5, 5.41) is 2.32. The molecule has 0 saturated carbocycles. The number of nitrogens with zero attached hydrogens (tertiary/aromatic N) is 2. The van der Waals surface area contributed by atoms with Crippen LogP contribution in [0.4, 0.5) is 0 Å². The number of hydrogen-bond donors (Lipinski definition) is 1. The van der Waals surface area contributed by atoms with Crippen LogP contribution >= 0.6 is 0 Å². The quantitative estimate of drug-likeness (QED) is 0.717. The van der Waals surface area contributed by atoms with Gasteiger partial charge in [0, 0.05) is 31.6 Å². The molecule has 1 atom stereocenters. The minimum absolute atomic E-state index is 0.0956. The van der Waals surface area contributed by atoms with Gasteiger partial charge in [0.2, 0.25) is 18.6 Å². The van der Waals surface area contributed by atoms with Gasteiger partial charge in [-0.1, -0.05) is 12.1 Å². The zero-order valence-electron chi connectivity index (χ0n) is 17.1. The van der Waals surface area contributed by atoms with Crippen molar-refractivity contribution in [1.82, 2.24) is 15.1 Å². The molecular formula is C23H19N3O6. The van der Waals surface area contributed by atoms with Crippen LogP contribution in [0.15, 0.2) is 30.3 Å². The second kappa shape index (κ2) is 6.81. The van der Waals surface area contributed by atoms with Gasteiger partial charge in [0.15, 0.2) is 11.5 Å². The highest BCUT2D eigenvalue weighted by atomic mass is 16.7. The molecule has 1 unspecified atom stereocenters. The predicted molar refractivity (Wildman–Crippen MR) is 109 cm³/mol. The summed E-state index contributed by atoms with van der Waals surface area (Å²) >= 11 is 0. The predicted octanol–water partition coefficient (Wildman–Crippen LogP) is 1.33. The van der Waals surface area contributed by atoms with Crippen LogP contribution in [0.3, 0.4) is 0 Å². The fraction of sp³-hybridized carbons (Fsp3) is 0.304. The van der Waals surface area contributed by atoms with Gasteiger partial charge in [0.05, 0.1) is 5.56 Å². The van der Waals surface area contributed by atoms with Gasteiger partial charge in [-0.05, 0) is 41.3 Å². The summed E-state index contributed by atoms with van der Waals surface area (Å²) in [5.74, 6) is -0.0705. The van der Waals surface area contributed by atoms with Gasteiger partial charge >= 0.3 is 0 Å². The largest absolute Gasteiger partial charge is 0.454 e. The van der Waals surface area contributed by atoms with Gasteiger partial charge in [-0.3, -0.25) is 24.5 Å². The Morgan fingerprint density at radius 1 is 1.00 bits per heavy atom. The van der Waals surface area contributed by atoms with Crippen molar-refractivity contribution in [3.8, 4) is 11.5 Å². The van der Waals surface area contributed by atoms with Crippen LogP contribution in [0.5, 0.6) is 11.5 Å². The Labute approximate surface area is 182 Å². The van der Waals surface area contributed by atoms with Crippen molar-refractivity contribution < 1.29 is 28.7 Å². The van der Waals surface area contributed by atoms with E-state index in [2.05, 4.69) is 5.32 Å². The van der Waals surface area contributed by atoms with E-state index in [0.29, 0.717) is 48.7 Å². The Kier molecular flexibility index (Phi) is 4.01. The van der Waals surface area contributed by atoms with E-state index in [1.807, 2.05) is 12.1 Å².